The summed E-state index contributed by atoms with van der Waals surface area (Å²) >= 11 is 0. The quantitative estimate of drug-likeness (QED) is 0.237. The minimum Gasteiger partial charge on any atom is -0.479 e. The molecule has 0 fully saturated rings. The largest absolute Gasteiger partial charge is 0.479 e. The zero-order valence-corrected chi connectivity index (χ0v) is 21.6. The van der Waals surface area contributed by atoms with E-state index in [4.69, 9.17) is 4.74 Å². The van der Waals surface area contributed by atoms with Crippen LogP contribution in [0.25, 0.3) is 33.0 Å². The second-order valence-electron chi connectivity index (χ2n) is 11.0. The fourth-order valence-electron chi connectivity index (χ4n) is 6.52. The molecule has 0 saturated carbocycles. The highest BCUT2D eigenvalue weighted by Gasteiger charge is 2.42. The molecule has 0 bridgehead atoms. The van der Waals surface area contributed by atoms with Gasteiger partial charge in [-0.15, -0.1) is 0 Å². The number of Topliss-reactive ketones (excluding diaryl/α,β-unsaturated/α-hetero) is 1. The molecular formula is C35H20O5. The minimum atomic E-state index is -1.18. The Balaban J connectivity index is 1.54. The molecule has 5 nitrogen and oxygen atoms in total. The fourth-order valence-corrected chi connectivity index (χ4v) is 6.52. The van der Waals surface area contributed by atoms with Gasteiger partial charge in [0.15, 0.2) is 23.0 Å². The third-order valence-corrected chi connectivity index (χ3v) is 8.33. The Kier molecular flexibility index (Phi) is 4.26. The number of carbonyl (C=O) groups excluding carboxylic acids is 4. The summed E-state index contributed by atoms with van der Waals surface area (Å²) in [5, 5.41) is 1.23. The number of ether oxygens (including phenoxy) is 1. The lowest BCUT2D eigenvalue weighted by atomic mass is 9.74. The van der Waals surface area contributed by atoms with Crippen molar-refractivity contribution in [2.24, 2.45) is 0 Å². The second-order valence-corrected chi connectivity index (χ2v) is 11.0. The summed E-state index contributed by atoms with van der Waals surface area (Å²) in [7, 11) is 0. The zero-order chi connectivity index (χ0) is 27.5. The third kappa shape index (κ3) is 2.71. The molecule has 5 aromatic rings. The van der Waals surface area contributed by atoms with E-state index in [0.717, 1.165) is 11.1 Å². The average molecular weight is 521 g/mol. The van der Waals surface area contributed by atoms with Crippen LogP contribution in [0.5, 0.6) is 5.75 Å². The molecule has 0 spiro atoms. The molecule has 0 amide bonds. The van der Waals surface area contributed by atoms with Crippen molar-refractivity contribution in [2.75, 3.05) is 0 Å². The Hall–Kier alpha value is -5.16. The predicted octanol–water partition coefficient (Wildman–Crippen LogP) is 6.85. The molecule has 8 rings (SSSR count). The molecule has 190 valence electrons. The summed E-state index contributed by atoms with van der Waals surface area (Å²) in [6.45, 7) is 3.43. The van der Waals surface area contributed by atoms with E-state index in [1.54, 1.807) is 74.5 Å². The molecule has 0 saturated heterocycles. The Morgan fingerprint density at radius 2 is 1.05 bits per heavy atom. The maximum Gasteiger partial charge on any atom is 0.207 e. The minimum absolute atomic E-state index is 0.111. The summed E-state index contributed by atoms with van der Waals surface area (Å²) in [6, 6.07) is 24.8. The first-order valence-electron chi connectivity index (χ1n) is 13.1. The summed E-state index contributed by atoms with van der Waals surface area (Å²) in [4.78, 5) is 55.2. The van der Waals surface area contributed by atoms with Crippen molar-refractivity contribution in [3.05, 3.63) is 124 Å². The molecule has 5 heteroatoms. The van der Waals surface area contributed by atoms with E-state index >= 15 is 0 Å². The van der Waals surface area contributed by atoms with Crippen LogP contribution in [0.4, 0.5) is 0 Å². The lowest BCUT2D eigenvalue weighted by molar-refractivity contribution is 0.0570. The summed E-state index contributed by atoms with van der Waals surface area (Å²) < 4.78 is 6.21. The van der Waals surface area contributed by atoms with Crippen molar-refractivity contribution in [1.82, 2.24) is 0 Å². The summed E-state index contributed by atoms with van der Waals surface area (Å²) in [5.74, 6) is -0.342. The first kappa shape index (κ1) is 22.8. The molecule has 0 radical (unpaired) electrons. The highest BCUT2D eigenvalue weighted by Crippen LogP contribution is 2.51. The molecule has 3 aliphatic rings. The highest BCUT2D eigenvalue weighted by molar-refractivity contribution is 6.34. The van der Waals surface area contributed by atoms with Crippen LogP contribution >= 0.6 is 0 Å². The number of benzene rings is 5. The Morgan fingerprint density at radius 1 is 0.475 bits per heavy atom. The summed E-state index contributed by atoms with van der Waals surface area (Å²) in [5.41, 5.74) is 4.19. The smallest absolute Gasteiger partial charge is 0.207 e. The Morgan fingerprint density at radius 3 is 1.77 bits per heavy atom. The van der Waals surface area contributed by atoms with Gasteiger partial charge in [-0.3, -0.25) is 19.2 Å². The number of fused-ring (bicyclic) bond motifs is 4. The van der Waals surface area contributed by atoms with Gasteiger partial charge in [-0.25, -0.2) is 0 Å². The van der Waals surface area contributed by atoms with Crippen molar-refractivity contribution in [3.63, 3.8) is 0 Å². The monoisotopic (exact) mass is 520 g/mol. The van der Waals surface area contributed by atoms with E-state index in [1.165, 1.54) is 0 Å². The fraction of sp³-hybridized carbons (Fsp3) is 0.0857. The van der Waals surface area contributed by atoms with Gasteiger partial charge in [0.1, 0.15) is 5.75 Å². The topological polar surface area (TPSA) is 77.5 Å². The van der Waals surface area contributed by atoms with E-state index < -0.39 is 5.60 Å². The number of hydrogen-bond donors (Lipinski definition) is 0. The van der Waals surface area contributed by atoms with Crippen LogP contribution in [0, 0.1) is 0 Å². The van der Waals surface area contributed by atoms with E-state index in [0.29, 0.717) is 61.0 Å². The number of rotatable bonds is 1. The van der Waals surface area contributed by atoms with Crippen LogP contribution in [0.3, 0.4) is 0 Å². The van der Waals surface area contributed by atoms with Gasteiger partial charge in [0.2, 0.25) is 5.78 Å². The number of ketones is 4. The van der Waals surface area contributed by atoms with E-state index in [1.807, 2.05) is 24.3 Å². The van der Waals surface area contributed by atoms with Crippen molar-refractivity contribution >= 4 is 33.9 Å². The molecular weight excluding hydrogens is 500 g/mol. The third-order valence-electron chi connectivity index (χ3n) is 8.33. The van der Waals surface area contributed by atoms with E-state index in [-0.39, 0.29) is 28.7 Å². The van der Waals surface area contributed by atoms with Gasteiger partial charge >= 0.3 is 0 Å². The van der Waals surface area contributed by atoms with Gasteiger partial charge in [-0.1, -0.05) is 66.7 Å². The second kappa shape index (κ2) is 7.48. The molecule has 1 aliphatic heterocycles. The Bertz CT molecular complexity index is 2080. The SMILES string of the molecule is CC1(C)Oc2ccc3c4c(cc(-c5cccc6c5C(=O)c5ccccc5C6=O)c(c24)C1=O)-c1ccccc1C3=O. The maximum atomic E-state index is 14.1. The molecule has 1 heterocycles. The van der Waals surface area contributed by atoms with Gasteiger partial charge in [-0.05, 0) is 54.3 Å². The average Bonchev–Trinajstić information content (AvgIpc) is 2.97. The molecule has 0 atom stereocenters. The van der Waals surface area contributed by atoms with Crippen molar-refractivity contribution < 1.29 is 23.9 Å². The van der Waals surface area contributed by atoms with Gasteiger partial charge in [0, 0.05) is 49.7 Å². The van der Waals surface area contributed by atoms with E-state index in [2.05, 4.69) is 0 Å². The Labute approximate surface area is 229 Å². The van der Waals surface area contributed by atoms with Gasteiger partial charge in [0.05, 0.1) is 0 Å². The predicted molar refractivity (Wildman–Crippen MR) is 151 cm³/mol. The molecule has 0 N–H and O–H groups in total. The highest BCUT2D eigenvalue weighted by atomic mass is 16.5. The van der Waals surface area contributed by atoms with Crippen LogP contribution < -0.4 is 4.74 Å². The van der Waals surface area contributed by atoms with Crippen LogP contribution in [0.2, 0.25) is 0 Å². The standard InChI is InChI=1S/C35H20O5/c1-35(2)34(39)29-25(18-12-7-13-22-28(18)33(38)21-11-6-5-10-20(21)32(22)37)16-24-17-8-3-4-9-19(17)31(36)23-14-15-26(40-35)30(29)27(23)24/h3-16H,1-2H3. The maximum absolute atomic E-state index is 14.1. The lowest BCUT2D eigenvalue weighted by Crippen LogP contribution is -2.41. The van der Waals surface area contributed by atoms with Gasteiger partial charge < -0.3 is 4.74 Å². The van der Waals surface area contributed by atoms with Crippen molar-refractivity contribution in [1.29, 1.82) is 0 Å². The number of carbonyl (C=O) groups is 4. The molecule has 40 heavy (non-hydrogen) atoms. The normalized spacial score (nSPS) is 15.8. The first-order chi connectivity index (χ1) is 19.3. The van der Waals surface area contributed by atoms with Crippen LogP contribution in [-0.2, 0) is 0 Å². The molecule has 5 aromatic carbocycles. The van der Waals surface area contributed by atoms with Crippen molar-refractivity contribution in [3.8, 4) is 28.0 Å². The van der Waals surface area contributed by atoms with Crippen LogP contribution in [-0.4, -0.2) is 28.7 Å². The van der Waals surface area contributed by atoms with Crippen molar-refractivity contribution in [2.45, 2.75) is 19.4 Å². The zero-order valence-electron chi connectivity index (χ0n) is 21.6. The lowest BCUT2D eigenvalue weighted by Gasteiger charge is -2.35. The molecule has 0 aromatic heterocycles. The van der Waals surface area contributed by atoms with E-state index in [9.17, 15) is 19.2 Å². The van der Waals surface area contributed by atoms with Gasteiger partial charge in [-0.2, -0.15) is 0 Å². The van der Waals surface area contributed by atoms with Gasteiger partial charge in [0.25, 0.3) is 0 Å². The van der Waals surface area contributed by atoms with Crippen LogP contribution in [0.1, 0.15) is 72.0 Å². The van der Waals surface area contributed by atoms with Crippen LogP contribution in [0.15, 0.2) is 84.9 Å². The number of hydrogen-bond acceptors (Lipinski definition) is 5. The first-order valence-corrected chi connectivity index (χ1v) is 13.1. The molecule has 2 aliphatic carbocycles. The summed E-state index contributed by atoms with van der Waals surface area (Å²) in [6.07, 6.45) is 0. The molecule has 0 unspecified atom stereocenters.